The Morgan fingerprint density at radius 1 is 0.931 bits per heavy atom. The second kappa shape index (κ2) is 8.31. The van der Waals surface area contributed by atoms with Crippen molar-refractivity contribution >= 4 is 27.4 Å². The molecule has 2 aromatic carbocycles. The molecule has 29 heavy (non-hydrogen) atoms. The summed E-state index contributed by atoms with van der Waals surface area (Å²) in [7, 11) is 0. The first-order chi connectivity index (χ1) is 14.3. The van der Waals surface area contributed by atoms with Gasteiger partial charge in [0.25, 0.3) is 0 Å². The number of anilines is 1. The maximum absolute atomic E-state index is 4.58. The van der Waals surface area contributed by atoms with E-state index in [2.05, 4.69) is 80.8 Å². The van der Waals surface area contributed by atoms with Gasteiger partial charge in [-0.15, -0.1) is 11.3 Å². The van der Waals surface area contributed by atoms with Gasteiger partial charge >= 0.3 is 0 Å². The number of benzene rings is 2. The topological polar surface area (TPSA) is 41.0 Å². The van der Waals surface area contributed by atoms with Gasteiger partial charge in [0.15, 0.2) is 0 Å². The van der Waals surface area contributed by atoms with Gasteiger partial charge in [-0.3, -0.25) is 4.90 Å². The molecule has 0 radical (unpaired) electrons. The zero-order valence-electron chi connectivity index (χ0n) is 16.3. The van der Waals surface area contributed by atoms with Crippen molar-refractivity contribution in [1.82, 2.24) is 14.9 Å². The molecule has 1 aliphatic rings. The third-order valence-electron chi connectivity index (χ3n) is 5.53. The zero-order chi connectivity index (χ0) is 19.5. The number of nitrogens with one attached hydrogen (secondary N) is 1. The molecular weight excluding hydrogens is 376 g/mol. The molecule has 0 bridgehead atoms. The summed E-state index contributed by atoms with van der Waals surface area (Å²) >= 11 is 1.79. The summed E-state index contributed by atoms with van der Waals surface area (Å²) in [6.07, 6.45) is 6.11. The van der Waals surface area contributed by atoms with E-state index in [9.17, 15) is 0 Å². The number of piperidine rings is 1. The molecule has 1 saturated heterocycles. The van der Waals surface area contributed by atoms with Crippen LogP contribution in [0.3, 0.4) is 0 Å². The van der Waals surface area contributed by atoms with E-state index in [1.165, 1.54) is 20.5 Å². The van der Waals surface area contributed by atoms with Crippen molar-refractivity contribution in [2.75, 3.05) is 18.4 Å². The summed E-state index contributed by atoms with van der Waals surface area (Å²) < 4.78 is 1.30. The molecule has 0 saturated carbocycles. The molecule has 146 valence electrons. The number of nitrogens with zero attached hydrogens (tertiary/aromatic N) is 3. The van der Waals surface area contributed by atoms with Crippen LogP contribution in [0.4, 0.5) is 5.95 Å². The first kappa shape index (κ1) is 18.3. The molecule has 2 aromatic heterocycles. The Kier molecular flexibility index (Phi) is 5.24. The Balaban J connectivity index is 1.17. The van der Waals surface area contributed by atoms with Gasteiger partial charge in [0, 0.05) is 53.2 Å². The average Bonchev–Trinajstić information content (AvgIpc) is 3.21. The van der Waals surface area contributed by atoms with E-state index >= 15 is 0 Å². The third kappa shape index (κ3) is 4.31. The summed E-state index contributed by atoms with van der Waals surface area (Å²) in [5.41, 5.74) is 2.47. The highest BCUT2D eigenvalue weighted by Crippen LogP contribution is 2.32. The Morgan fingerprint density at radius 3 is 2.41 bits per heavy atom. The molecule has 5 heteroatoms. The molecule has 0 amide bonds. The number of aromatic nitrogens is 2. The van der Waals surface area contributed by atoms with Gasteiger partial charge < -0.3 is 5.32 Å². The first-order valence-electron chi connectivity index (χ1n) is 10.2. The van der Waals surface area contributed by atoms with Crippen LogP contribution in [0.5, 0.6) is 0 Å². The van der Waals surface area contributed by atoms with Crippen LogP contribution >= 0.6 is 11.3 Å². The normalized spacial score (nSPS) is 15.6. The van der Waals surface area contributed by atoms with Crippen LogP contribution in [-0.4, -0.2) is 34.0 Å². The van der Waals surface area contributed by atoms with Crippen LogP contribution in [0.25, 0.3) is 20.5 Å². The molecular formula is C24H24N4S. The maximum Gasteiger partial charge on any atom is 0.222 e. The molecule has 0 aliphatic carbocycles. The fraction of sp³-hybridized carbons (Fsp3) is 0.250. The molecule has 1 fully saturated rings. The molecule has 1 aliphatic heterocycles. The van der Waals surface area contributed by atoms with E-state index in [-0.39, 0.29) is 0 Å². The van der Waals surface area contributed by atoms with Crippen molar-refractivity contribution < 1.29 is 0 Å². The molecule has 3 heterocycles. The van der Waals surface area contributed by atoms with Crippen LogP contribution in [0.15, 0.2) is 73.1 Å². The summed E-state index contributed by atoms with van der Waals surface area (Å²) in [4.78, 5) is 12.9. The lowest BCUT2D eigenvalue weighted by Crippen LogP contribution is -2.38. The van der Waals surface area contributed by atoms with Crippen molar-refractivity contribution in [2.24, 2.45) is 0 Å². The van der Waals surface area contributed by atoms with Crippen molar-refractivity contribution in [1.29, 1.82) is 0 Å². The second-order valence-corrected chi connectivity index (χ2v) is 8.71. The van der Waals surface area contributed by atoms with Crippen molar-refractivity contribution in [3.63, 3.8) is 0 Å². The largest absolute Gasteiger partial charge is 0.351 e. The van der Waals surface area contributed by atoms with Crippen LogP contribution < -0.4 is 5.32 Å². The minimum atomic E-state index is 0.442. The van der Waals surface area contributed by atoms with Gasteiger partial charge in [0.05, 0.1) is 0 Å². The lowest BCUT2D eigenvalue weighted by Gasteiger charge is -2.32. The standard InChI is InChI=1S/C24H24N4S/c1-2-6-18(7-3-1)17-28-12-10-21(11-13-28)27-24-25-15-20(16-26-24)23-14-19-8-4-5-9-22(19)29-23/h1-9,14-16,21H,10-13,17H2,(H,25,26,27). The third-order valence-corrected chi connectivity index (χ3v) is 6.70. The van der Waals surface area contributed by atoms with Crippen molar-refractivity contribution in [3.8, 4) is 10.4 Å². The van der Waals surface area contributed by atoms with Crippen molar-refractivity contribution in [3.05, 3.63) is 78.6 Å². The number of rotatable bonds is 5. The van der Waals surface area contributed by atoms with E-state index in [0.29, 0.717) is 6.04 Å². The smallest absolute Gasteiger partial charge is 0.222 e. The summed E-state index contributed by atoms with van der Waals surface area (Å²) in [5.74, 6) is 0.733. The predicted molar refractivity (Wildman–Crippen MR) is 121 cm³/mol. The lowest BCUT2D eigenvalue weighted by atomic mass is 10.0. The second-order valence-electron chi connectivity index (χ2n) is 7.62. The molecule has 1 N–H and O–H groups in total. The molecule has 4 nitrogen and oxygen atoms in total. The van der Waals surface area contributed by atoms with Gasteiger partial charge in [-0.05, 0) is 35.9 Å². The van der Waals surface area contributed by atoms with Crippen LogP contribution in [0.1, 0.15) is 18.4 Å². The molecule has 4 aromatic rings. The Labute approximate surface area is 175 Å². The van der Waals surface area contributed by atoms with Gasteiger partial charge in [0.1, 0.15) is 0 Å². The van der Waals surface area contributed by atoms with Gasteiger partial charge in [0.2, 0.25) is 5.95 Å². The molecule has 0 spiro atoms. The SMILES string of the molecule is c1ccc(CN2CCC(Nc3ncc(-c4cc5ccccc5s4)cn3)CC2)cc1. The average molecular weight is 401 g/mol. The fourth-order valence-corrected chi connectivity index (χ4v) is 4.95. The highest BCUT2D eigenvalue weighted by Gasteiger charge is 2.19. The quantitative estimate of drug-likeness (QED) is 0.485. The minimum absolute atomic E-state index is 0.442. The maximum atomic E-state index is 4.58. The Bertz CT molecular complexity index is 1030. The van der Waals surface area contributed by atoms with Gasteiger partial charge in [-0.2, -0.15) is 0 Å². The predicted octanol–water partition coefficient (Wildman–Crippen LogP) is 5.43. The monoisotopic (exact) mass is 400 g/mol. The van der Waals surface area contributed by atoms with Crippen LogP contribution in [0.2, 0.25) is 0 Å². The van der Waals surface area contributed by atoms with Crippen LogP contribution in [-0.2, 0) is 6.54 Å². The molecule has 5 rings (SSSR count). The van der Waals surface area contributed by atoms with E-state index < -0.39 is 0 Å². The number of thiophene rings is 1. The number of likely N-dealkylation sites (tertiary alicyclic amines) is 1. The summed E-state index contributed by atoms with van der Waals surface area (Å²) in [5, 5.41) is 4.80. The van der Waals surface area contributed by atoms with E-state index in [1.807, 2.05) is 12.4 Å². The van der Waals surface area contributed by atoms with Crippen LogP contribution in [0, 0.1) is 0 Å². The number of hydrogen-bond acceptors (Lipinski definition) is 5. The van der Waals surface area contributed by atoms with Gasteiger partial charge in [-0.1, -0.05) is 48.5 Å². The Hall–Kier alpha value is -2.76. The fourth-order valence-electron chi connectivity index (χ4n) is 3.91. The lowest BCUT2D eigenvalue weighted by molar-refractivity contribution is 0.211. The summed E-state index contributed by atoms with van der Waals surface area (Å²) in [6, 6.07) is 21.8. The summed E-state index contributed by atoms with van der Waals surface area (Å²) in [6.45, 7) is 3.24. The molecule has 0 unspecified atom stereocenters. The van der Waals surface area contributed by atoms with E-state index in [4.69, 9.17) is 0 Å². The zero-order valence-corrected chi connectivity index (χ0v) is 17.1. The minimum Gasteiger partial charge on any atom is -0.351 e. The number of fused-ring (bicyclic) bond motifs is 1. The molecule has 0 atom stereocenters. The highest BCUT2D eigenvalue weighted by molar-refractivity contribution is 7.22. The number of hydrogen-bond donors (Lipinski definition) is 1. The van der Waals surface area contributed by atoms with E-state index in [1.54, 1.807) is 11.3 Å². The highest BCUT2D eigenvalue weighted by atomic mass is 32.1. The van der Waals surface area contributed by atoms with E-state index in [0.717, 1.165) is 44.0 Å². The first-order valence-corrected chi connectivity index (χ1v) is 11.0. The van der Waals surface area contributed by atoms with Crippen molar-refractivity contribution in [2.45, 2.75) is 25.4 Å². The Morgan fingerprint density at radius 2 is 1.66 bits per heavy atom. The van der Waals surface area contributed by atoms with Gasteiger partial charge in [-0.25, -0.2) is 9.97 Å².